The van der Waals surface area contributed by atoms with Gasteiger partial charge in [-0.15, -0.1) is 0 Å². The van der Waals surface area contributed by atoms with Gasteiger partial charge < -0.3 is 30.2 Å². The van der Waals surface area contributed by atoms with Crippen LogP contribution in [0.15, 0.2) is 0 Å². The number of carbonyl (C=O) groups excluding carboxylic acids is 2. The summed E-state index contributed by atoms with van der Waals surface area (Å²) in [7, 11) is 0. The highest BCUT2D eigenvalue weighted by molar-refractivity contribution is 5.77. The third-order valence-electron chi connectivity index (χ3n) is 9.37. The van der Waals surface area contributed by atoms with E-state index in [0.717, 1.165) is 32.2 Å². The number of hydrazine groups is 2. The first-order valence-electron chi connectivity index (χ1n) is 17.6. The normalized spacial score (nSPS) is 25.7. The average Bonchev–Trinajstić information content (AvgIpc) is 3.58. The van der Waals surface area contributed by atoms with E-state index in [4.69, 9.17) is 14.2 Å². The molecule has 2 saturated heterocycles. The van der Waals surface area contributed by atoms with E-state index < -0.39 is 0 Å². The maximum atomic E-state index is 12.0. The Kier molecular flexibility index (Phi) is 17.3. The largest absolute Gasteiger partial charge is 0.378 e. The van der Waals surface area contributed by atoms with E-state index >= 15 is 0 Å². The van der Waals surface area contributed by atoms with Crippen molar-refractivity contribution >= 4 is 11.9 Å². The molecule has 0 bridgehead atoms. The molecule has 0 spiro atoms. The van der Waals surface area contributed by atoms with Crippen molar-refractivity contribution < 1.29 is 23.8 Å². The van der Waals surface area contributed by atoms with Gasteiger partial charge in [0.05, 0.1) is 45.7 Å². The fraction of sp³-hybridized carbons (Fsp3) is 0.939. The van der Waals surface area contributed by atoms with Gasteiger partial charge in [-0.3, -0.25) is 4.79 Å². The molecule has 0 aromatic heterocycles. The maximum absolute atomic E-state index is 12.0. The molecule has 4 atom stereocenters. The Morgan fingerprint density at radius 1 is 0.864 bits per heavy atom. The molecule has 2 heterocycles. The smallest absolute Gasteiger partial charge is 0.315 e. The lowest BCUT2D eigenvalue weighted by Crippen LogP contribution is -2.49. The van der Waals surface area contributed by atoms with Crippen molar-refractivity contribution in [3.05, 3.63) is 0 Å². The molecule has 3 rings (SSSR count). The van der Waals surface area contributed by atoms with Crippen LogP contribution in [-0.2, 0) is 19.0 Å². The maximum Gasteiger partial charge on any atom is 0.315 e. The lowest BCUT2D eigenvalue weighted by molar-refractivity contribution is -0.121. The summed E-state index contributed by atoms with van der Waals surface area (Å²) >= 11 is 0. The molecule has 1 saturated carbocycles. The Hall–Kier alpha value is -1.50. The highest BCUT2D eigenvalue weighted by atomic mass is 16.5. The summed E-state index contributed by atoms with van der Waals surface area (Å²) in [6.45, 7) is 13.7. The second-order valence-electron chi connectivity index (χ2n) is 14.0. The number of nitrogens with one attached hydrogen (secondary N) is 5. The summed E-state index contributed by atoms with van der Waals surface area (Å²) in [6, 6.07) is 1.18. The van der Waals surface area contributed by atoms with Gasteiger partial charge in [0.15, 0.2) is 0 Å². The molecule has 0 aromatic carbocycles. The van der Waals surface area contributed by atoms with Gasteiger partial charge in [-0.1, -0.05) is 72.1 Å². The third-order valence-corrected chi connectivity index (χ3v) is 9.37. The molecule has 2 aliphatic heterocycles. The fourth-order valence-corrected chi connectivity index (χ4v) is 6.81. The summed E-state index contributed by atoms with van der Waals surface area (Å²) < 4.78 is 17.2. The standard InChI is InChI=1S/C33H64N6O5/c1-26-28(36-32(41)35-26)16-12-9-13-17-29(40)34-18-20-42-22-24-44-25-23-43-21-19-39-30(31(37-38-39)33(2,3)4)27-14-10-7-5-6-8-11-15-27/h26-28,30-31,37-38H,5-25H2,1-4H3,(H,34,40)(H2,35,36,41)/t26-,28+,30?,31?/m0/s1. The van der Waals surface area contributed by atoms with E-state index in [1.807, 2.05) is 6.92 Å². The van der Waals surface area contributed by atoms with E-state index in [9.17, 15) is 9.59 Å². The molecule has 3 amide bonds. The number of amides is 3. The Balaban J connectivity index is 1.15. The number of rotatable bonds is 19. The van der Waals surface area contributed by atoms with Crippen LogP contribution in [0.2, 0.25) is 0 Å². The summed E-state index contributed by atoms with van der Waals surface area (Å²) in [5.41, 5.74) is 7.29. The highest BCUT2D eigenvalue weighted by Crippen LogP contribution is 2.35. The van der Waals surface area contributed by atoms with E-state index in [1.165, 1.54) is 51.4 Å². The lowest BCUT2D eigenvalue weighted by atomic mass is 9.75. The number of hydrogen-bond donors (Lipinski definition) is 5. The molecule has 0 aromatic rings. The molecule has 11 heteroatoms. The van der Waals surface area contributed by atoms with E-state index in [-0.39, 0.29) is 29.4 Å². The van der Waals surface area contributed by atoms with Crippen molar-refractivity contribution in [2.45, 2.75) is 135 Å². The molecule has 256 valence electrons. The molecule has 3 fully saturated rings. The zero-order chi connectivity index (χ0) is 31.6. The Labute approximate surface area is 267 Å². The minimum Gasteiger partial charge on any atom is -0.378 e. The van der Waals surface area contributed by atoms with Crippen molar-refractivity contribution in [2.75, 3.05) is 52.7 Å². The van der Waals surface area contributed by atoms with Gasteiger partial charge in [0.25, 0.3) is 0 Å². The van der Waals surface area contributed by atoms with Gasteiger partial charge in [0, 0.05) is 37.6 Å². The monoisotopic (exact) mass is 624 g/mol. The van der Waals surface area contributed by atoms with Gasteiger partial charge in [-0.05, 0) is 43.9 Å². The second-order valence-corrected chi connectivity index (χ2v) is 14.0. The predicted molar refractivity (Wildman–Crippen MR) is 174 cm³/mol. The van der Waals surface area contributed by atoms with E-state index in [1.54, 1.807) is 0 Å². The number of unbranched alkanes of at least 4 members (excludes halogenated alkanes) is 2. The van der Waals surface area contributed by atoms with Crippen LogP contribution in [0.25, 0.3) is 0 Å². The topological polar surface area (TPSA) is 125 Å². The van der Waals surface area contributed by atoms with Crippen molar-refractivity contribution in [1.29, 1.82) is 0 Å². The molecular formula is C33H64N6O5. The first kappa shape index (κ1) is 37.0. The van der Waals surface area contributed by atoms with Crippen LogP contribution in [-0.4, -0.2) is 93.8 Å². The fourth-order valence-electron chi connectivity index (χ4n) is 6.81. The molecule has 3 aliphatic rings. The average molecular weight is 625 g/mol. The molecule has 44 heavy (non-hydrogen) atoms. The first-order valence-corrected chi connectivity index (χ1v) is 17.6. The zero-order valence-corrected chi connectivity index (χ0v) is 28.2. The Morgan fingerprint density at radius 2 is 1.50 bits per heavy atom. The molecule has 1 aliphatic carbocycles. The Morgan fingerprint density at radius 3 is 2.14 bits per heavy atom. The van der Waals surface area contributed by atoms with Crippen LogP contribution in [0.3, 0.4) is 0 Å². The Bertz CT molecular complexity index is 802. The molecule has 0 radical (unpaired) electrons. The molecule has 5 N–H and O–H groups in total. The molecule has 2 unspecified atom stereocenters. The number of nitrogens with zero attached hydrogens (tertiary/aromatic N) is 1. The molecular weight excluding hydrogens is 560 g/mol. The first-order chi connectivity index (χ1) is 21.3. The van der Waals surface area contributed by atoms with E-state index in [2.05, 4.69) is 52.7 Å². The van der Waals surface area contributed by atoms with Crippen LogP contribution in [0.1, 0.15) is 111 Å². The van der Waals surface area contributed by atoms with Crippen LogP contribution in [0.5, 0.6) is 0 Å². The van der Waals surface area contributed by atoms with Gasteiger partial charge >= 0.3 is 6.03 Å². The quantitative estimate of drug-likeness (QED) is 0.137. The summed E-state index contributed by atoms with van der Waals surface area (Å²) in [6.07, 6.45) is 15.2. The van der Waals surface area contributed by atoms with Crippen molar-refractivity contribution in [3.8, 4) is 0 Å². The lowest BCUT2D eigenvalue weighted by Gasteiger charge is -2.38. The molecule has 11 nitrogen and oxygen atoms in total. The number of carbonyl (C=O) groups is 2. The minimum absolute atomic E-state index is 0.0616. The minimum atomic E-state index is -0.0819. The highest BCUT2D eigenvalue weighted by Gasteiger charge is 2.44. The zero-order valence-electron chi connectivity index (χ0n) is 28.2. The number of ether oxygens (including phenoxy) is 3. The SMILES string of the molecule is C[C@@H]1NC(=O)N[C@@H]1CCCCCC(=O)NCCOCCOCCOCCN1NNC(C(C)(C)C)C1C1CCCCCCCC1. The van der Waals surface area contributed by atoms with Gasteiger partial charge in [-0.2, -0.15) is 5.53 Å². The van der Waals surface area contributed by atoms with Crippen LogP contribution in [0, 0.1) is 11.3 Å². The van der Waals surface area contributed by atoms with Crippen molar-refractivity contribution in [2.24, 2.45) is 11.3 Å². The number of urea groups is 1. The van der Waals surface area contributed by atoms with Crippen LogP contribution in [0.4, 0.5) is 4.79 Å². The second kappa shape index (κ2) is 20.6. The van der Waals surface area contributed by atoms with Gasteiger partial charge in [-0.25, -0.2) is 15.2 Å². The van der Waals surface area contributed by atoms with Crippen molar-refractivity contribution in [3.63, 3.8) is 0 Å². The van der Waals surface area contributed by atoms with Crippen LogP contribution >= 0.6 is 0 Å². The van der Waals surface area contributed by atoms with E-state index in [0.29, 0.717) is 70.6 Å². The predicted octanol–water partition coefficient (Wildman–Crippen LogP) is 4.03. The summed E-state index contributed by atoms with van der Waals surface area (Å²) in [4.78, 5) is 23.3. The van der Waals surface area contributed by atoms with Gasteiger partial charge in [0.1, 0.15) is 0 Å². The number of hydrogen-bond acceptors (Lipinski definition) is 8. The summed E-state index contributed by atoms with van der Waals surface area (Å²) in [5.74, 6) is 0.772. The van der Waals surface area contributed by atoms with Gasteiger partial charge in [0.2, 0.25) is 5.91 Å². The summed E-state index contributed by atoms with van der Waals surface area (Å²) in [5, 5.41) is 11.1. The van der Waals surface area contributed by atoms with Crippen LogP contribution < -0.4 is 26.9 Å². The van der Waals surface area contributed by atoms with Crippen molar-refractivity contribution in [1.82, 2.24) is 31.9 Å². The third kappa shape index (κ3) is 13.9.